The van der Waals surface area contributed by atoms with E-state index in [-0.39, 0.29) is 5.78 Å². The average molecular weight is 291 g/mol. The molecule has 0 spiro atoms. The second-order valence-corrected chi connectivity index (χ2v) is 5.58. The topological polar surface area (TPSA) is 64.6 Å². The van der Waals surface area contributed by atoms with Gasteiger partial charge >= 0.3 is 0 Å². The molecule has 1 aromatic heterocycles. The Hall–Kier alpha value is -1.53. The van der Waals surface area contributed by atoms with Crippen LogP contribution in [-0.4, -0.2) is 59.6 Å². The Balaban J connectivity index is 1.95. The van der Waals surface area contributed by atoms with E-state index in [1.54, 1.807) is 12.4 Å². The van der Waals surface area contributed by atoms with E-state index in [2.05, 4.69) is 14.9 Å². The van der Waals surface area contributed by atoms with Crippen LogP contribution in [0, 0.1) is 0 Å². The van der Waals surface area contributed by atoms with Gasteiger partial charge < -0.3 is 9.47 Å². The second kappa shape index (κ2) is 6.07. The first-order chi connectivity index (χ1) is 10.3. The van der Waals surface area contributed by atoms with Crippen molar-refractivity contribution in [3.05, 3.63) is 18.1 Å². The highest BCUT2D eigenvalue weighted by atomic mass is 16.5. The third-order valence-corrected chi connectivity index (χ3v) is 4.54. The summed E-state index contributed by atoms with van der Waals surface area (Å²) in [6.45, 7) is 2.97. The van der Waals surface area contributed by atoms with Crippen molar-refractivity contribution >= 4 is 5.78 Å². The van der Waals surface area contributed by atoms with Gasteiger partial charge in [-0.25, -0.2) is 9.97 Å². The lowest BCUT2D eigenvalue weighted by molar-refractivity contribution is -0.0133. The molecule has 0 atom stereocenters. The lowest BCUT2D eigenvalue weighted by Gasteiger charge is -2.41. The van der Waals surface area contributed by atoms with Crippen molar-refractivity contribution in [1.29, 1.82) is 0 Å². The lowest BCUT2D eigenvalue weighted by atomic mass is 9.87. The first-order valence-corrected chi connectivity index (χ1v) is 7.50. The summed E-state index contributed by atoms with van der Waals surface area (Å²) in [5, 5.41) is 0. The fraction of sp³-hybridized carbons (Fsp3) is 0.667. The van der Waals surface area contributed by atoms with Crippen molar-refractivity contribution in [3.63, 3.8) is 0 Å². The molecule has 0 radical (unpaired) electrons. The number of hydrogen-bond acceptors (Lipinski definition) is 6. The summed E-state index contributed by atoms with van der Waals surface area (Å²) in [5.41, 5.74) is -0.0963. The number of ketones is 1. The number of rotatable bonds is 4. The van der Waals surface area contributed by atoms with Crippen LogP contribution in [0.1, 0.15) is 36.2 Å². The van der Waals surface area contributed by atoms with E-state index in [9.17, 15) is 4.79 Å². The second-order valence-electron chi connectivity index (χ2n) is 5.58. The number of ether oxygens (including phenoxy) is 2. The molecule has 3 rings (SSSR count). The fourth-order valence-electron chi connectivity index (χ4n) is 3.49. The summed E-state index contributed by atoms with van der Waals surface area (Å²) < 4.78 is 10.6. The number of morpholine rings is 1. The molecule has 0 aromatic carbocycles. The number of methoxy groups -OCH3 is 1. The highest BCUT2D eigenvalue weighted by molar-refractivity contribution is 6.03. The predicted octanol–water partition coefficient (Wildman–Crippen LogP) is 1.31. The highest BCUT2D eigenvalue weighted by Crippen LogP contribution is 2.39. The zero-order valence-electron chi connectivity index (χ0n) is 12.4. The molecule has 6 nitrogen and oxygen atoms in total. The number of nitrogens with zero attached hydrogens (tertiary/aromatic N) is 3. The van der Waals surface area contributed by atoms with E-state index < -0.39 is 5.54 Å². The van der Waals surface area contributed by atoms with Crippen molar-refractivity contribution in [2.45, 2.75) is 31.2 Å². The van der Waals surface area contributed by atoms with E-state index in [1.165, 1.54) is 7.11 Å². The molecule has 1 aliphatic carbocycles. The molecule has 1 saturated carbocycles. The Labute approximate surface area is 124 Å². The average Bonchev–Trinajstić information content (AvgIpc) is 3.06. The minimum Gasteiger partial charge on any atom is -0.479 e. The zero-order chi connectivity index (χ0) is 14.7. The van der Waals surface area contributed by atoms with Crippen molar-refractivity contribution in [2.24, 2.45) is 0 Å². The van der Waals surface area contributed by atoms with E-state index in [0.29, 0.717) is 24.8 Å². The van der Waals surface area contributed by atoms with Crippen LogP contribution in [-0.2, 0) is 4.74 Å². The third kappa shape index (κ3) is 2.53. The standard InChI is InChI=1S/C15H21N3O3/c1-20-14-12(16-6-7-17-14)13(19)15(4-2-3-5-15)18-8-10-21-11-9-18/h6-7H,2-5,8-11H2,1H3. The zero-order valence-corrected chi connectivity index (χ0v) is 12.4. The molecule has 0 bridgehead atoms. The summed E-state index contributed by atoms with van der Waals surface area (Å²) in [7, 11) is 1.52. The van der Waals surface area contributed by atoms with E-state index in [0.717, 1.165) is 38.8 Å². The molecule has 6 heteroatoms. The molecule has 1 aromatic rings. The van der Waals surface area contributed by atoms with Gasteiger partial charge in [0, 0.05) is 25.5 Å². The minimum atomic E-state index is -0.451. The molecule has 0 amide bonds. The molecule has 0 unspecified atom stereocenters. The number of hydrogen-bond donors (Lipinski definition) is 0. The van der Waals surface area contributed by atoms with Gasteiger partial charge in [-0.3, -0.25) is 9.69 Å². The Morgan fingerprint density at radius 1 is 1.24 bits per heavy atom. The van der Waals surface area contributed by atoms with E-state index >= 15 is 0 Å². The van der Waals surface area contributed by atoms with Crippen LogP contribution in [0.25, 0.3) is 0 Å². The first-order valence-electron chi connectivity index (χ1n) is 7.50. The van der Waals surface area contributed by atoms with Crippen molar-refractivity contribution in [2.75, 3.05) is 33.4 Å². The Morgan fingerprint density at radius 2 is 1.90 bits per heavy atom. The highest BCUT2D eigenvalue weighted by Gasteiger charge is 2.48. The van der Waals surface area contributed by atoms with Crippen LogP contribution in [0.4, 0.5) is 0 Å². The summed E-state index contributed by atoms with van der Waals surface area (Å²) in [6.07, 6.45) is 7.01. The molecular formula is C15H21N3O3. The van der Waals surface area contributed by atoms with Gasteiger partial charge in [0.2, 0.25) is 11.7 Å². The molecule has 0 N–H and O–H groups in total. The lowest BCUT2D eigenvalue weighted by Crippen LogP contribution is -2.56. The summed E-state index contributed by atoms with van der Waals surface area (Å²) in [4.78, 5) is 23.8. The normalized spacial score (nSPS) is 22.1. The molecule has 1 aliphatic heterocycles. The number of Topliss-reactive ketones (excluding diaryl/α,β-unsaturated/α-hetero) is 1. The van der Waals surface area contributed by atoms with Gasteiger partial charge in [-0.2, -0.15) is 0 Å². The number of carbonyl (C=O) groups is 1. The monoisotopic (exact) mass is 291 g/mol. The van der Waals surface area contributed by atoms with E-state index in [1.807, 2.05) is 0 Å². The van der Waals surface area contributed by atoms with Gasteiger partial charge in [-0.15, -0.1) is 0 Å². The van der Waals surface area contributed by atoms with E-state index in [4.69, 9.17) is 9.47 Å². The number of carbonyl (C=O) groups excluding carboxylic acids is 1. The van der Waals surface area contributed by atoms with Crippen LogP contribution in [0.2, 0.25) is 0 Å². The van der Waals surface area contributed by atoms with Crippen LogP contribution < -0.4 is 4.74 Å². The molecule has 21 heavy (non-hydrogen) atoms. The maximum absolute atomic E-state index is 13.2. The van der Waals surface area contributed by atoms with Crippen molar-refractivity contribution in [3.8, 4) is 5.88 Å². The first kappa shape index (κ1) is 14.4. The summed E-state index contributed by atoms with van der Waals surface area (Å²) in [5.74, 6) is 0.369. The van der Waals surface area contributed by atoms with Gasteiger partial charge in [-0.1, -0.05) is 12.8 Å². The third-order valence-electron chi connectivity index (χ3n) is 4.54. The van der Waals surface area contributed by atoms with Gasteiger partial charge in [0.25, 0.3) is 0 Å². The smallest absolute Gasteiger partial charge is 0.243 e. The molecule has 1 saturated heterocycles. The maximum Gasteiger partial charge on any atom is 0.243 e. The Kier molecular flexibility index (Phi) is 4.17. The maximum atomic E-state index is 13.2. The predicted molar refractivity (Wildman–Crippen MR) is 76.5 cm³/mol. The molecule has 2 aliphatic rings. The van der Waals surface area contributed by atoms with Crippen LogP contribution >= 0.6 is 0 Å². The molecule has 2 heterocycles. The Bertz CT molecular complexity index is 509. The quantitative estimate of drug-likeness (QED) is 0.779. The van der Waals surface area contributed by atoms with Crippen LogP contribution in [0.3, 0.4) is 0 Å². The minimum absolute atomic E-state index is 0.0480. The largest absolute Gasteiger partial charge is 0.479 e. The Morgan fingerprint density at radius 3 is 2.57 bits per heavy atom. The van der Waals surface area contributed by atoms with Gasteiger partial charge in [0.05, 0.1) is 25.9 Å². The molecular weight excluding hydrogens is 270 g/mol. The van der Waals surface area contributed by atoms with Crippen molar-refractivity contribution < 1.29 is 14.3 Å². The SMILES string of the molecule is COc1nccnc1C(=O)C1(N2CCOCC2)CCCC1. The van der Waals surface area contributed by atoms with Crippen LogP contribution in [0.15, 0.2) is 12.4 Å². The van der Waals surface area contributed by atoms with Gasteiger partial charge in [0.15, 0.2) is 5.69 Å². The van der Waals surface area contributed by atoms with Crippen molar-refractivity contribution in [1.82, 2.24) is 14.9 Å². The summed E-state index contributed by atoms with van der Waals surface area (Å²) in [6, 6.07) is 0. The summed E-state index contributed by atoms with van der Waals surface area (Å²) >= 11 is 0. The fourth-order valence-corrected chi connectivity index (χ4v) is 3.49. The van der Waals surface area contributed by atoms with Crippen LogP contribution in [0.5, 0.6) is 5.88 Å². The molecule has 2 fully saturated rings. The molecule has 114 valence electrons. The van der Waals surface area contributed by atoms with Gasteiger partial charge in [0.1, 0.15) is 0 Å². The van der Waals surface area contributed by atoms with Gasteiger partial charge in [-0.05, 0) is 12.8 Å². The number of aromatic nitrogens is 2.